The average molecular weight is 308 g/mol. The van der Waals surface area contributed by atoms with Crippen LogP contribution in [0.4, 0.5) is 0 Å². The molecule has 1 aromatic heterocycles. The Hall–Kier alpha value is -1.13. The summed E-state index contributed by atoms with van der Waals surface area (Å²) >= 11 is 3.60. The molecule has 0 amide bonds. The second kappa shape index (κ2) is 4.86. The van der Waals surface area contributed by atoms with Gasteiger partial charge in [-0.25, -0.2) is 4.98 Å². The van der Waals surface area contributed by atoms with Crippen LogP contribution in [0.25, 0.3) is 11.3 Å². The van der Waals surface area contributed by atoms with Crippen molar-refractivity contribution in [2.45, 2.75) is 27.3 Å². The molecule has 0 aliphatic rings. The second-order valence-corrected chi connectivity index (χ2v) is 5.36. The van der Waals surface area contributed by atoms with Gasteiger partial charge in [0.15, 0.2) is 0 Å². The number of rotatable bonds is 2. The van der Waals surface area contributed by atoms with Crippen LogP contribution >= 0.6 is 15.9 Å². The van der Waals surface area contributed by atoms with Crippen molar-refractivity contribution in [3.8, 4) is 11.3 Å². The first-order valence-electron chi connectivity index (χ1n) is 5.95. The Kier molecular flexibility index (Phi) is 3.59. The number of nitrogens with zero attached hydrogens (tertiary/aromatic N) is 2. The van der Waals surface area contributed by atoms with Crippen LogP contribution in [0.5, 0.6) is 0 Å². The fourth-order valence-corrected chi connectivity index (χ4v) is 2.60. The lowest BCUT2D eigenvalue weighted by molar-refractivity contribution is 0.781. The largest absolute Gasteiger partial charge is 0.324 e. The lowest BCUT2D eigenvalue weighted by Gasteiger charge is -2.09. The quantitative estimate of drug-likeness (QED) is 0.925. The molecule has 96 valence electrons. The summed E-state index contributed by atoms with van der Waals surface area (Å²) < 4.78 is 2.97. The van der Waals surface area contributed by atoms with Crippen LogP contribution in [-0.4, -0.2) is 9.55 Å². The van der Waals surface area contributed by atoms with Crippen molar-refractivity contribution < 1.29 is 0 Å². The minimum Gasteiger partial charge on any atom is -0.324 e. The molecule has 0 aliphatic heterocycles. The molecule has 0 aliphatic carbocycles. The second-order valence-electron chi connectivity index (χ2n) is 4.61. The van der Waals surface area contributed by atoms with Gasteiger partial charge in [-0.15, -0.1) is 0 Å². The van der Waals surface area contributed by atoms with Crippen molar-refractivity contribution in [1.82, 2.24) is 9.55 Å². The summed E-state index contributed by atoms with van der Waals surface area (Å²) in [5, 5.41) is 0. The molecule has 0 radical (unpaired) electrons. The summed E-state index contributed by atoms with van der Waals surface area (Å²) in [6.45, 7) is 6.86. The monoisotopic (exact) mass is 307 g/mol. The number of hydrogen-bond donors (Lipinski definition) is 1. The van der Waals surface area contributed by atoms with Gasteiger partial charge < -0.3 is 10.3 Å². The van der Waals surface area contributed by atoms with Crippen LogP contribution in [0, 0.1) is 20.8 Å². The van der Waals surface area contributed by atoms with Crippen molar-refractivity contribution >= 4 is 15.9 Å². The molecule has 0 saturated heterocycles. The smallest absolute Gasteiger partial charge is 0.123 e. The summed E-state index contributed by atoms with van der Waals surface area (Å²) in [4.78, 5) is 4.62. The molecule has 0 spiro atoms. The van der Waals surface area contributed by atoms with E-state index in [4.69, 9.17) is 5.73 Å². The van der Waals surface area contributed by atoms with Crippen molar-refractivity contribution in [2.75, 3.05) is 0 Å². The lowest BCUT2D eigenvalue weighted by atomic mass is 9.97. The Morgan fingerprint density at radius 2 is 1.89 bits per heavy atom. The zero-order valence-corrected chi connectivity index (χ0v) is 12.8. The molecule has 0 bridgehead atoms. The summed E-state index contributed by atoms with van der Waals surface area (Å²) in [5.41, 5.74) is 11.7. The maximum Gasteiger partial charge on any atom is 0.123 e. The molecule has 0 fully saturated rings. The van der Waals surface area contributed by atoms with E-state index >= 15 is 0 Å². The number of aromatic nitrogens is 2. The first-order chi connectivity index (χ1) is 8.47. The van der Waals surface area contributed by atoms with E-state index in [-0.39, 0.29) is 0 Å². The van der Waals surface area contributed by atoms with Gasteiger partial charge in [-0.05, 0) is 53.4 Å². The van der Waals surface area contributed by atoms with Gasteiger partial charge in [0.05, 0.1) is 6.54 Å². The Morgan fingerprint density at radius 3 is 2.44 bits per heavy atom. The highest BCUT2D eigenvalue weighted by molar-refractivity contribution is 9.10. The standard InChI is InChI=1S/C14H18BrN3/c1-8-5-6-11(10(3)9(8)2)13-14(15)18(4)12(7-16)17-13/h5-6H,7,16H2,1-4H3. The van der Waals surface area contributed by atoms with Gasteiger partial charge in [-0.3, -0.25) is 0 Å². The third-order valence-electron chi connectivity index (χ3n) is 3.61. The third kappa shape index (κ3) is 1.99. The first kappa shape index (κ1) is 13.3. The van der Waals surface area contributed by atoms with E-state index < -0.39 is 0 Å². The molecule has 2 N–H and O–H groups in total. The van der Waals surface area contributed by atoms with E-state index in [0.717, 1.165) is 16.1 Å². The molecule has 0 saturated carbocycles. The number of nitrogens with two attached hydrogens (primary N) is 1. The van der Waals surface area contributed by atoms with Crippen molar-refractivity contribution in [2.24, 2.45) is 12.8 Å². The van der Waals surface area contributed by atoms with Crippen molar-refractivity contribution in [3.05, 3.63) is 39.3 Å². The average Bonchev–Trinajstić information content (AvgIpc) is 2.64. The maximum atomic E-state index is 5.70. The zero-order chi connectivity index (χ0) is 13.4. The lowest BCUT2D eigenvalue weighted by Crippen LogP contribution is -2.04. The molecule has 4 heteroatoms. The van der Waals surface area contributed by atoms with Gasteiger partial charge in [-0.2, -0.15) is 0 Å². The topological polar surface area (TPSA) is 43.8 Å². The Morgan fingerprint density at radius 1 is 1.22 bits per heavy atom. The molecule has 2 rings (SSSR count). The number of benzene rings is 1. The molecule has 3 nitrogen and oxygen atoms in total. The van der Waals surface area contributed by atoms with E-state index in [0.29, 0.717) is 6.54 Å². The third-order valence-corrected chi connectivity index (χ3v) is 4.52. The van der Waals surface area contributed by atoms with Gasteiger partial charge in [0, 0.05) is 12.6 Å². The zero-order valence-electron chi connectivity index (χ0n) is 11.2. The Balaban J connectivity index is 2.66. The van der Waals surface area contributed by atoms with Crippen LogP contribution in [0.15, 0.2) is 16.7 Å². The maximum absolute atomic E-state index is 5.70. The van der Waals surface area contributed by atoms with E-state index in [1.807, 2.05) is 11.6 Å². The predicted octanol–water partition coefficient (Wildman–Crippen LogP) is 3.23. The van der Waals surface area contributed by atoms with Gasteiger partial charge in [0.2, 0.25) is 0 Å². The predicted molar refractivity (Wildman–Crippen MR) is 78.4 cm³/mol. The van der Waals surface area contributed by atoms with Gasteiger partial charge in [0.1, 0.15) is 16.1 Å². The van der Waals surface area contributed by atoms with Crippen LogP contribution in [0.1, 0.15) is 22.5 Å². The van der Waals surface area contributed by atoms with Gasteiger partial charge in [-0.1, -0.05) is 12.1 Å². The molecule has 0 atom stereocenters. The van der Waals surface area contributed by atoms with Crippen molar-refractivity contribution in [3.63, 3.8) is 0 Å². The molecule has 2 aromatic rings. The number of halogens is 1. The molecular formula is C14H18BrN3. The van der Waals surface area contributed by atoms with Crippen LogP contribution in [-0.2, 0) is 13.6 Å². The van der Waals surface area contributed by atoms with E-state index in [2.05, 4.69) is 53.8 Å². The number of imidazole rings is 1. The van der Waals surface area contributed by atoms with E-state index in [1.165, 1.54) is 22.3 Å². The molecule has 1 heterocycles. The minimum absolute atomic E-state index is 0.443. The van der Waals surface area contributed by atoms with Gasteiger partial charge >= 0.3 is 0 Å². The van der Waals surface area contributed by atoms with E-state index in [9.17, 15) is 0 Å². The van der Waals surface area contributed by atoms with E-state index in [1.54, 1.807) is 0 Å². The Bertz CT molecular complexity index is 600. The highest BCUT2D eigenvalue weighted by atomic mass is 79.9. The number of hydrogen-bond acceptors (Lipinski definition) is 2. The number of aryl methyl sites for hydroxylation is 1. The molecular weight excluding hydrogens is 290 g/mol. The molecule has 0 unspecified atom stereocenters. The molecule has 18 heavy (non-hydrogen) atoms. The first-order valence-corrected chi connectivity index (χ1v) is 6.75. The fraction of sp³-hybridized carbons (Fsp3) is 0.357. The Labute approximate surface area is 116 Å². The fourth-order valence-electron chi connectivity index (χ4n) is 2.09. The highest BCUT2D eigenvalue weighted by Crippen LogP contribution is 2.32. The SMILES string of the molecule is Cc1ccc(-c2nc(CN)n(C)c2Br)c(C)c1C. The summed E-state index contributed by atoms with van der Waals surface area (Å²) in [5.74, 6) is 0.884. The van der Waals surface area contributed by atoms with Crippen LogP contribution < -0.4 is 5.73 Å². The van der Waals surface area contributed by atoms with Crippen LogP contribution in [0.3, 0.4) is 0 Å². The summed E-state index contributed by atoms with van der Waals surface area (Å²) in [6, 6.07) is 4.27. The summed E-state index contributed by atoms with van der Waals surface area (Å²) in [6.07, 6.45) is 0. The van der Waals surface area contributed by atoms with Crippen molar-refractivity contribution in [1.29, 1.82) is 0 Å². The highest BCUT2D eigenvalue weighted by Gasteiger charge is 2.16. The molecule has 1 aromatic carbocycles. The minimum atomic E-state index is 0.443. The van der Waals surface area contributed by atoms with Crippen LogP contribution in [0.2, 0.25) is 0 Å². The normalized spacial score (nSPS) is 11.0. The van der Waals surface area contributed by atoms with Gasteiger partial charge in [0.25, 0.3) is 0 Å². The summed E-state index contributed by atoms with van der Waals surface area (Å²) in [7, 11) is 1.97.